The van der Waals surface area contributed by atoms with Crippen molar-refractivity contribution >= 4 is 31.8 Å². The van der Waals surface area contributed by atoms with Gasteiger partial charge < -0.3 is 5.32 Å². The van der Waals surface area contributed by atoms with Gasteiger partial charge in [0, 0.05) is 18.1 Å². The van der Waals surface area contributed by atoms with Crippen molar-refractivity contribution in [2.45, 2.75) is 9.92 Å². The first-order chi connectivity index (χ1) is 14.4. The smallest absolute Gasteiger partial charge is 0.283 e. The minimum absolute atomic E-state index is 0.000383. The average Bonchev–Trinajstić information content (AvgIpc) is 2.68. The third kappa shape index (κ3) is 4.54. The van der Waals surface area contributed by atoms with E-state index in [0.717, 1.165) is 29.2 Å². The monoisotopic (exact) mass is 465 g/mol. The van der Waals surface area contributed by atoms with Crippen LogP contribution in [0.4, 0.5) is 10.1 Å². The highest BCUT2D eigenvalue weighted by molar-refractivity contribution is 7.91. The van der Waals surface area contributed by atoms with Crippen LogP contribution in [0.5, 0.6) is 0 Å². The van der Waals surface area contributed by atoms with Crippen LogP contribution in [0.25, 0.3) is 17.1 Å². The molecule has 0 bridgehead atoms. The quantitative estimate of drug-likeness (QED) is 0.430. The summed E-state index contributed by atoms with van der Waals surface area (Å²) in [4.78, 5) is 28.3. The molecule has 3 rings (SSSR count). The molecule has 3 aromatic rings. The number of rotatable bonds is 6. The Bertz CT molecular complexity index is 1430. The molecule has 1 amide bonds. The summed E-state index contributed by atoms with van der Waals surface area (Å²) in [6.45, 7) is 0. The van der Waals surface area contributed by atoms with E-state index in [1.807, 2.05) is 0 Å². The molecule has 12 heteroatoms. The Labute approximate surface area is 177 Å². The number of carbonyl (C=O) groups is 1. The molecule has 1 heterocycles. The summed E-state index contributed by atoms with van der Waals surface area (Å²) >= 11 is 0. The summed E-state index contributed by atoms with van der Waals surface area (Å²) in [6.07, 6.45) is 1.99. The third-order valence-electron chi connectivity index (χ3n) is 4.23. The van der Waals surface area contributed by atoms with Crippen molar-refractivity contribution in [1.82, 2.24) is 9.55 Å². The first-order valence-electron chi connectivity index (χ1n) is 8.57. The first kappa shape index (κ1) is 22.3. The summed E-state index contributed by atoms with van der Waals surface area (Å²) in [7, 11) is -7.55. The topological polar surface area (TPSA) is 132 Å². The maximum absolute atomic E-state index is 13.4. The zero-order valence-corrected chi connectivity index (χ0v) is 17.9. The van der Waals surface area contributed by atoms with E-state index in [2.05, 4.69) is 10.3 Å². The number of aromatic nitrogens is 2. The molecule has 9 nitrogen and oxygen atoms in total. The standard InChI is InChI=1S/C19H16FN3O6S2/c1-30(26,27)15-9-7-14(8-10-15)23-17(12-3-5-13(20)6-4-12)22-18(31(2,28)29)16(19(23)25)21-11-24/h3-11H,1-2H3,(H,21,24). The lowest BCUT2D eigenvalue weighted by Gasteiger charge is -2.16. The molecule has 0 aliphatic heterocycles. The van der Waals surface area contributed by atoms with Gasteiger partial charge in [0.15, 0.2) is 24.7 Å². The van der Waals surface area contributed by atoms with E-state index in [9.17, 15) is 30.8 Å². The lowest BCUT2D eigenvalue weighted by Crippen LogP contribution is -2.28. The van der Waals surface area contributed by atoms with E-state index in [4.69, 9.17) is 0 Å². The van der Waals surface area contributed by atoms with Crippen LogP contribution < -0.4 is 10.9 Å². The van der Waals surface area contributed by atoms with Gasteiger partial charge in [0.1, 0.15) is 17.3 Å². The minimum Gasteiger partial charge on any atom is -0.322 e. The molecule has 31 heavy (non-hydrogen) atoms. The average molecular weight is 465 g/mol. The molecule has 0 fully saturated rings. The number of hydrogen-bond acceptors (Lipinski definition) is 7. The summed E-state index contributed by atoms with van der Waals surface area (Å²) in [5.74, 6) is -0.702. The summed E-state index contributed by atoms with van der Waals surface area (Å²) in [5.41, 5.74) is -1.13. The van der Waals surface area contributed by atoms with Crippen molar-refractivity contribution in [3.8, 4) is 17.1 Å². The zero-order chi connectivity index (χ0) is 23.0. The van der Waals surface area contributed by atoms with Crippen LogP contribution in [-0.2, 0) is 24.5 Å². The highest BCUT2D eigenvalue weighted by Gasteiger charge is 2.25. The maximum atomic E-state index is 13.4. The number of carbonyl (C=O) groups excluding carboxylic acids is 1. The molecule has 0 spiro atoms. The molecule has 0 radical (unpaired) electrons. The largest absolute Gasteiger partial charge is 0.322 e. The molecular formula is C19H16FN3O6S2. The van der Waals surface area contributed by atoms with Gasteiger partial charge in [-0.3, -0.25) is 14.2 Å². The van der Waals surface area contributed by atoms with Crippen LogP contribution in [0.1, 0.15) is 0 Å². The zero-order valence-electron chi connectivity index (χ0n) is 16.2. The van der Waals surface area contributed by atoms with Crippen LogP contribution in [0.2, 0.25) is 0 Å². The number of halogens is 1. The second-order valence-electron chi connectivity index (χ2n) is 6.56. The van der Waals surface area contributed by atoms with E-state index in [0.29, 0.717) is 0 Å². The van der Waals surface area contributed by atoms with Gasteiger partial charge in [-0.05, 0) is 48.5 Å². The van der Waals surface area contributed by atoms with Crippen molar-refractivity contribution < 1.29 is 26.0 Å². The Hall–Kier alpha value is -3.38. The van der Waals surface area contributed by atoms with Gasteiger partial charge in [-0.15, -0.1) is 0 Å². The number of nitrogens with zero attached hydrogens (tertiary/aromatic N) is 2. The lowest BCUT2D eigenvalue weighted by atomic mass is 10.2. The fourth-order valence-corrected chi connectivity index (χ4v) is 4.23. The van der Waals surface area contributed by atoms with Gasteiger partial charge in [0.25, 0.3) is 5.56 Å². The van der Waals surface area contributed by atoms with Gasteiger partial charge in [-0.2, -0.15) is 0 Å². The highest BCUT2D eigenvalue weighted by Crippen LogP contribution is 2.25. The van der Waals surface area contributed by atoms with Crippen LogP contribution in [-0.4, -0.2) is 45.3 Å². The molecule has 0 saturated carbocycles. The second-order valence-corrected chi connectivity index (χ2v) is 10.5. The predicted molar refractivity (Wildman–Crippen MR) is 111 cm³/mol. The molecule has 2 aromatic carbocycles. The Morgan fingerprint density at radius 3 is 2.00 bits per heavy atom. The molecule has 1 aromatic heterocycles. The van der Waals surface area contributed by atoms with Gasteiger partial charge >= 0.3 is 0 Å². The Morgan fingerprint density at radius 2 is 1.52 bits per heavy atom. The highest BCUT2D eigenvalue weighted by atomic mass is 32.2. The fourth-order valence-electron chi connectivity index (χ4n) is 2.83. The van der Waals surface area contributed by atoms with Crippen LogP contribution in [0.3, 0.4) is 0 Å². The lowest BCUT2D eigenvalue weighted by molar-refractivity contribution is -0.105. The molecule has 0 aliphatic carbocycles. The molecule has 0 aliphatic rings. The number of anilines is 1. The number of nitrogens with one attached hydrogen (secondary N) is 1. The fraction of sp³-hybridized carbons (Fsp3) is 0.105. The van der Waals surface area contributed by atoms with Gasteiger partial charge in [-0.25, -0.2) is 26.2 Å². The van der Waals surface area contributed by atoms with E-state index in [1.165, 1.54) is 36.4 Å². The van der Waals surface area contributed by atoms with E-state index in [1.54, 1.807) is 0 Å². The van der Waals surface area contributed by atoms with Crippen molar-refractivity contribution in [3.63, 3.8) is 0 Å². The van der Waals surface area contributed by atoms with Crippen LogP contribution in [0.15, 0.2) is 63.2 Å². The molecule has 0 saturated heterocycles. The normalized spacial score (nSPS) is 11.8. The van der Waals surface area contributed by atoms with Gasteiger partial charge in [-0.1, -0.05) is 0 Å². The SMILES string of the molecule is CS(=O)(=O)c1ccc(-n2c(-c3ccc(F)cc3)nc(S(C)(=O)=O)c(NC=O)c2=O)cc1. The summed E-state index contributed by atoms with van der Waals surface area (Å²) in [5, 5.41) is 1.41. The van der Waals surface area contributed by atoms with Gasteiger partial charge in [0.2, 0.25) is 6.41 Å². The third-order valence-corrected chi connectivity index (χ3v) is 6.36. The molecule has 0 unspecified atom stereocenters. The molecular weight excluding hydrogens is 449 g/mol. The van der Waals surface area contributed by atoms with Crippen molar-refractivity contribution in [1.29, 1.82) is 0 Å². The van der Waals surface area contributed by atoms with E-state index >= 15 is 0 Å². The van der Waals surface area contributed by atoms with Crippen molar-refractivity contribution in [2.24, 2.45) is 0 Å². The summed E-state index contributed by atoms with van der Waals surface area (Å²) in [6, 6.07) is 10.0. The Balaban J connectivity index is 2.42. The van der Waals surface area contributed by atoms with Crippen LogP contribution >= 0.6 is 0 Å². The first-order valence-corrected chi connectivity index (χ1v) is 12.4. The van der Waals surface area contributed by atoms with Crippen LogP contribution in [0, 0.1) is 5.82 Å². The predicted octanol–water partition coefficient (Wildman–Crippen LogP) is 1.41. The van der Waals surface area contributed by atoms with Crippen molar-refractivity contribution in [2.75, 3.05) is 17.8 Å². The number of benzene rings is 2. The Morgan fingerprint density at radius 1 is 0.935 bits per heavy atom. The number of hydrogen-bond donors (Lipinski definition) is 1. The number of amides is 1. The minimum atomic E-state index is -4.04. The molecule has 1 N–H and O–H groups in total. The van der Waals surface area contributed by atoms with E-state index < -0.39 is 41.8 Å². The maximum Gasteiger partial charge on any atom is 0.283 e. The van der Waals surface area contributed by atoms with Gasteiger partial charge in [0.05, 0.1) is 10.6 Å². The number of sulfone groups is 2. The molecule has 162 valence electrons. The van der Waals surface area contributed by atoms with Crippen molar-refractivity contribution in [3.05, 3.63) is 64.7 Å². The second kappa shape index (κ2) is 8.04. The Kier molecular flexibility index (Phi) is 5.79. The summed E-state index contributed by atoms with van der Waals surface area (Å²) < 4.78 is 62.3. The van der Waals surface area contributed by atoms with E-state index in [-0.39, 0.29) is 28.4 Å². The molecule has 0 atom stereocenters.